The number of aliphatic hydroxyl groups is 1. The molecule has 0 amide bonds. The van der Waals surface area contributed by atoms with E-state index in [1.54, 1.807) is 0 Å². The van der Waals surface area contributed by atoms with E-state index in [4.69, 9.17) is 20.4 Å². The van der Waals surface area contributed by atoms with Gasteiger partial charge in [0, 0.05) is 0 Å². The van der Waals surface area contributed by atoms with Crippen molar-refractivity contribution in [2.24, 2.45) is 0 Å². The van der Waals surface area contributed by atoms with Gasteiger partial charge in [-0.25, -0.2) is 4.79 Å². The van der Waals surface area contributed by atoms with E-state index >= 15 is 0 Å². The maximum absolute atomic E-state index is 10.3. The monoisotopic (exact) mass is 373 g/mol. The van der Waals surface area contributed by atoms with E-state index in [-0.39, 0.29) is 0 Å². The second-order valence-electron chi connectivity index (χ2n) is 5.29. The highest BCUT2D eigenvalue weighted by Crippen LogP contribution is 2.16. The van der Waals surface area contributed by atoms with Crippen LogP contribution in [0.25, 0.3) is 0 Å². The Balaban J connectivity index is 0.000000403. The van der Waals surface area contributed by atoms with Crippen molar-refractivity contribution in [3.63, 3.8) is 0 Å². The Hall–Kier alpha value is -2.53. The summed E-state index contributed by atoms with van der Waals surface area (Å²) >= 11 is 0. The van der Waals surface area contributed by atoms with Crippen LogP contribution in [0.15, 0.2) is 24.3 Å². The molecule has 0 radical (unpaired) electrons. The molecule has 0 spiro atoms. The predicted molar refractivity (Wildman–Crippen MR) is 88.1 cm³/mol. The lowest BCUT2D eigenvalue weighted by molar-refractivity contribution is -0.170. The smallest absolute Gasteiger partial charge is 0.336 e. The normalized spacial score (nSPS) is 11.5. The standard InChI is InChI=1S/C8H8.C6H8O7.C2H7NO2/c1-2-8-5-3-7(1)4-6-8;7-3(8)1-6(13,5(11)12)2-4(9)10;1-4-3-5-2/h1-3,5H,4,6H2;13H,1-2H2,(H,7,8)(H,9,10)(H,11,12);3H,1-2H3. The molecule has 0 fully saturated rings. The number of carboxylic acid groups (broad SMARTS) is 3. The number of hydrogen-bond donors (Lipinski definition) is 5. The van der Waals surface area contributed by atoms with Crippen molar-refractivity contribution in [2.45, 2.75) is 31.3 Å². The number of hydrogen-bond acceptors (Lipinski definition) is 7. The van der Waals surface area contributed by atoms with E-state index in [0.29, 0.717) is 0 Å². The predicted octanol–water partition coefficient (Wildman–Crippen LogP) is 0.236. The zero-order valence-electron chi connectivity index (χ0n) is 14.5. The molecule has 0 aliphatic heterocycles. The molecule has 10 nitrogen and oxygen atoms in total. The number of aryl methyl sites for hydroxylation is 2. The number of carboxylic acids is 3. The molecule has 0 aromatic heterocycles. The van der Waals surface area contributed by atoms with E-state index in [0.717, 1.165) is 0 Å². The summed E-state index contributed by atoms with van der Waals surface area (Å²) in [6.07, 6.45) is 0.244. The molecule has 0 atom stereocenters. The van der Waals surface area contributed by atoms with Gasteiger partial charge in [0.25, 0.3) is 0 Å². The molecule has 2 aliphatic carbocycles. The molecule has 0 saturated heterocycles. The lowest BCUT2D eigenvalue weighted by Gasteiger charge is -2.18. The van der Waals surface area contributed by atoms with Gasteiger partial charge in [-0.2, -0.15) is 0 Å². The molecule has 0 unspecified atom stereocenters. The molecule has 3 rings (SSSR count). The Morgan fingerprint density at radius 2 is 1.27 bits per heavy atom. The van der Waals surface area contributed by atoms with Gasteiger partial charge in [0.1, 0.15) is 0 Å². The Morgan fingerprint density at radius 3 is 1.38 bits per heavy atom. The average Bonchev–Trinajstić information content (AvgIpc) is 2.57. The minimum atomic E-state index is -2.74. The van der Waals surface area contributed by atoms with E-state index in [1.165, 1.54) is 38.2 Å². The van der Waals surface area contributed by atoms with Crippen LogP contribution >= 0.6 is 0 Å². The van der Waals surface area contributed by atoms with E-state index in [9.17, 15) is 14.4 Å². The molecule has 0 saturated carbocycles. The van der Waals surface area contributed by atoms with Gasteiger partial charge in [-0.3, -0.25) is 19.3 Å². The fourth-order valence-corrected chi connectivity index (χ4v) is 1.96. The zero-order valence-corrected chi connectivity index (χ0v) is 14.5. The average molecular weight is 373 g/mol. The fraction of sp³-hybridized carbons (Fsp3) is 0.438. The van der Waals surface area contributed by atoms with Crippen molar-refractivity contribution in [1.82, 2.24) is 5.64 Å². The van der Waals surface area contributed by atoms with Crippen LogP contribution in [-0.4, -0.2) is 58.2 Å². The first-order valence-electron chi connectivity index (χ1n) is 7.42. The fourth-order valence-electron chi connectivity index (χ4n) is 1.96. The summed E-state index contributed by atoms with van der Waals surface area (Å²) < 4.78 is 0. The first-order chi connectivity index (χ1) is 12.1. The summed E-state index contributed by atoms with van der Waals surface area (Å²) in [5, 5.41) is 33.8. The van der Waals surface area contributed by atoms with Gasteiger partial charge in [0.15, 0.2) is 5.60 Å². The highest BCUT2D eigenvalue weighted by Gasteiger charge is 2.40. The minimum Gasteiger partial charge on any atom is -0.481 e. The van der Waals surface area contributed by atoms with Gasteiger partial charge in [-0.15, -0.1) is 0 Å². The quantitative estimate of drug-likeness (QED) is 0.418. The van der Waals surface area contributed by atoms with Gasteiger partial charge in [0.05, 0.1) is 27.1 Å². The van der Waals surface area contributed by atoms with Crippen molar-refractivity contribution in [1.29, 1.82) is 0 Å². The molecule has 146 valence electrons. The summed E-state index contributed by atoms with van der Waals surface area (Å²) in [5.41, 5.74) is 2.34. The van der Waals surface area contributed by atoms with E-state index in [2.05, 4.69) is 39.6 Å². The SMILES string of the molecule is CONOC.O=C(O)CC(O)(CC(=O)O)C(=O)O.c1cc2ccc1CC2. The largest absolute Gasteiger partial charge is 0.481 e. The number of aliphatic carboxylic acids is 3. The molecule has 10 heteroatoms. The molecule has 1 aromatic carbocycles. The van der Waals surface area contributed by atoms with E-state index < -0.39 is 36.4 Å². The summed E-state index contributed by atoms with van der Waals surface area (Å²) in [6, 6.07) is 8.83. The van der Waals surface area contributed by atoms with Gasteiger partial charge < -0.3 is 20.4 Å². The summed E-state index contributed by atoms with van der Waals surface area (Å²) in [7, 11) is 2.95. The lowest BCUT2D eigenvalue weighted by Crippen LogP contribution is -2.42. The molecular formula is C16H23NO9. The molecule has 2 aliphatic rings. The van der Waals surface area contributed by atoms with Crippen molar-refractivity contribution in [3.05, 3.63) is 35.4 Å². The van der Waals surface area contributed by atoms with Crippen LogP contribution < -0.4 is 5.64 Å². The van der Waals surface area contributed by atoms with Gasteiger partial charge in [-0.1, -0.05) is 29.9 Å². The molecule has 26 heavy (non-hydrogen) atoms. The van der Waals surface area contributed by atoms with Crippen LogP contribution in [0.2, 0.25) is 0 Å². The van der Waals surface area contributed by atoms with Crippen molar-refractivity contribution in [3.8, 4) is 0 Å². The van der Waals surface area contributed by atoms with Crippen LogP contribution in [0, 0.1) is 0 Å². The first-order valence-corrected chi connectivity index (χ1v) is 7.42. The van der Waals surface area contributed by atoms with Gasteiger partial charge in [0.2, 0.25) is 0 Å². The second kappa shape index (κ2) is 11.9. The van der Waals surface area contributed by atoms with Crippen molar-refractivity contribution in [2.75, 3.05) is 14.2 Å². The lowest BCUT2D eigenvalue weighted by atomic mass is 9.96. The van der Waals surface area contributed by atoms with Crippen LogP contribution in [0.1, 0.15) is 24.0 Å². The van der Waals surface area contributed by atoms with Gasteiger partial charge >= 0.3 is 17.9 Å². The summed E-state index contributed by atoms with van der Waals surface area (Å²) in [4.78, 5) is 38.9. The molecule has 1 aromatic rings. The third kappa shape index (κ3) is 9.69. The van der Waals surface area contributed by atoms with Crippen LogP contribution in [0.5, 0.6) is 0 Å². The maximum atomic E-state index is 10.3. The Bertz CT molecular complexity index is 545. The number of benzene rings is 1. The Labute approximate surface area is 149 Å². The van der Waals surface area contributed by atoms with Gasteiger partial charge in [-0.05, 0) is 24.0 Å². The van der Waals surface area contributed by atoms with Crippen molar-refractivity contribution >= 4 is 17.9 Å². The summed E-state index contributed by atoms with van der Waals surface area (Å²) in [5.74, 6) is -5.02. The third-order valence-corrected chi connectivity index (χ3v) is 3.18. The van der Waals surface area contributed by atoms with Crippen LogP contribution in [-0.2, 0) is 36.9 Å². The highest BCUT2D eigenvalue weighted by molar-refractivity contribution is 5.88. The van der Waals surface area contributed by atoms with Crippen molar-refractivity contribution < 1.29 is 44.5 Å². The molecule has 0 heterocycles. The molecule has 2 bridgehead atoms. The first kappa shape index (κ1) is 23.5. The highest BCUT2D eigenvalue weighted by atomic mass is 16.9. The maximum Gasteiger partial charge on any atom is 0.336 e. The van der Waals surface area contributed by atoms with Crippen LogP contribution in [0.4, 0.5) is 0 Å². The minimum absolute atomic E-state index is 1.14. The summed E-state index contributed by atoms with van der Waals surface area (Å²) in [6.45, 7) is 0. The second-order valence-corrected chi connectivity index (χ2v) is 5.29. The number of fused-ring (bicyclic) bond motifs is 3. The zero-order chi connectivity index (χ0) is 20.2. The Kier molecular flexibility index (Phi) is 10.8. The van der Waals surface area contributed by atoms with E-state index in [1.807, 2.05) is 0 Å². The number of carbonyl (C=O) groups is 3. The Morgan fingerprint density at radius 1 is 0.923 bits per heavy atom. The van der Waals surface area contributed by atoms with Crippen LogP contribution in [0.3, 0.4) is 0 Å². The molecule has 5 N–H and O–H groups in total. The number of nitrogens with one attached hydrogen (secondary N) is 1. The topological polar surface area (TPSA) is 163 Å². The third-order valence-electron chi connectivity index (χ3n) is 3.18. The molecular weight excluding hydrogens is 350 g/mol. The number of rotatable bonds is 7.